The average Bonchev–Trinajstić information content (AvgIpc) is 2.98. The van der Waals surface area contributed by atoms with E-state index < -0.39 is 0 Å². The Labute approximate surface area is 167 Å². The van der Waals surface area contributed by atoms with Gasteiger partial charge in [0.2, 0.25) is 0 Å². The van der Waals surface area contributed by atoms with Gasteiger partial charge in [-0.25, -0.2) is 0 Å². The number of morpholine rings is 1. The number of hydrogen-bond donors (Lipinski definition) is 2. The van der Waals surface area contributed by atoms with Crippen LogP contribution in [0.4, 0.5) is 0 Å². The molecule has 0 saturated carbocycles. The Hall–Kier alpha value is -0.0700. The number of nitrogens with one attached hydrogen (secondary N) is 2. The molecule has 0 unspecified atom stereocenters. The van der Waals surface area contributed by atoms with Gasteiger partial charge >= 0.3 is 0 Å². The van der Waals surface area contributed by atoms with Crippen molar-refractivity contribution in [1.29, 1.82) is 0 Å². The molecule has 0 radical (unpaired) electrons. The Morgan fingerprint density at radius 2 is 1.76 bits per heavy atom. The standard InChI is InChI=1S/C18H26ClN3O.2ClH/c19-14-3-1-13(2-4-14)18-11-22-10-16(9-17(22)12-23-18)21-15-5-7-20-8-6-15;;/h1-4,15-18,20-21H,5-12H2;2*1H/t16-,17-,18+;;/m0../s1. The highest BCUT2D eigenvalue weighted by Crippen LogP contribution is 2.31. The molecule has 3 aliphatic rings. The molecule has 25 heavy (non-hydrogen) atoms. The van der Waals surface area contributed by atoms with Gasteiger partial charge in [-0.05, 0) is 50.0 Å². The lowest BCUT2D eigenvalue weighted by atomic mass is 10.0. The van der Waals surface area contributed by atoms with Crippen LogP contribution in [0.1, 0.15) is 30.9 Å². The minimum Gasteiger partial charge on any atom is -0.371 e. The summed E-state index contributed by atoms with van der Waals surface area (Å²) in [5.41, 5.74) is 1.24. The predicted molar refractivity (Wildman–Crippen MR) is 107 cm³/mol. The lowest BCUT2D eigenvalue weighted by Gasteiger charge is -2.35. The van der Waals surface area contributed by atoms with Crippen molar-refractivity contribution >= 4 is 36.4 Å². The maximum Gasteiger partial charge on any atom is 0.0952 e. The first kappa shape index (κ1) is 21.2. The molecular weight excluding hydrogens is 381 g/mol. The number of fused-ring (bicyclic) bond motifs is 1. The summed E-state index contributed by atoms with van der Waals surface area (Å²) in [5, 5.41) is 8.11. The summed E-state index contributed by atoms with van der Waals surface area (Å²) in [7, 11) is 0. The molecule has 3 fully saturated rings. The number of nitrogens with zero attached hydrogens (tertiary/aromatic N) is 1. The molecule has 3 aliphatic heterocycles. The Kier molecular flexibility index (Phi) is 8.28. The Balaban J connectivity index is 0.00000113. The molecule has 2 N–H and O–H groups in total. The van der Waals surface area contributed by atoms with Gasteiger partial charge in [0.05, 0.1) is 12.7 Å². The number of halogens is 3. The summed E-state index contributed by atoms with van der Waals surface area (Å²) in [6.07, 6.45) is 3.91. The van der Waals surface area contributed by atoms with Gasteiger partial charge in [0.1, 0.15) is 0 Å². The second kappa shape index (κ2) is 9.75. The molecule has 3 saturated heterocycles. The van der Waals surface area contributed by atoms with Crippen molar-refractivity contribution < 1.29 is 4.74 Å². The fourth-order valence-electron chi connectivity index (χ4n) is 4.20. The summed E-state index contributed by atoms with van der Waals surface area (Å²) in [6.45, 7) is 5.30. The lowest BCUT2D eigenvalue weighted by molar-refractivity contribution is -0.0502. The van der Waals surface area contributed by atoms with Crippen LogP contribution in [0.3, 0.4) is 0 Å². The summed E-state index contributed by atoms with van der Waals surface area (Å²) < 4.78 is 6.13. The highest BCUT2D eigenvalue weighted by molar-refractivity contribution is 6.30. The van der Waals surface area contributed by atoms with Crippen LogP contribution in [0, 0.1) is 0 Å². The molecule has 3 atom stereocenters. The Morgan fingerprint density at radius 3 is 2.48 bits per heavy atom. The van der Waals surface area contributed by atoms with Crippen LogP contribution in [0.25, 0.3) is 0 Å². The van der Waals surface area contributed by atoms with Crippen LogP contribution >= 0.6 is 36.4 Å². The van der Waals surface area contributed by atoms with E-state index in [4.69, 9.17) is 16.3 Å². The molecule has 0 aliphatic carbocycles. The second-order valence-electron chi connectivity index (χ2n) is 7.10. The van der Waals surface area contributed by atoms with Crippen molar-refractivity contribution in [3.63, 3.8) is 0 Å². The third-order valence-corrected chi connectivity index (χ3v) is 5.72. The molecule has 1 aromatic rings. The molecule has 0 aromatic heterocycles. The second-order valence-corrected chi connectivity index (χ2v) is 7.54. The monoisotopic (exact) mass is 407 g/mol. The first-order chi connectivity index (χ1) is 11.3. The van der Waals surface area contributed by atoms with Crippen LogP contribution in [0.5, 0.6) is 0 Å². The van der Waals surface area contributed by atoms with Gasteiger partial charge < -0.3 is 15.4 Å². The van der Waals surface area contributed by atoms with Crippen molar-refractivity contribution in [3.05, 3.63) is 34.9 Å². The molecule has 0 spiro atoms. The molecular formula is C18H28Cl3N3O. The summed E-state index contributed by atoms with van der Waals surface area (Å²) in [5.74, 6) is 0. The predicted octanol–water partition coefficient (Wildman–Crippen LogP) is 3.04. The molecule has 1 aromatic carbocycles. The van der Waals surface area contributed by atoms with Crippen molar-refractivity contribution in [3.8, 4) is 0 Å². The van der Waals surface area contributed by atoms with Gasteiger partial charge in [0.15, 0.2) is 0 Å². The van der Waals surface area contributed by atoms with Crippen molar-refractivity contribution in [1.82, 2.24) is 15.5 Å². The van der Waals surface area contributed by atoms with Gasteiger partial charge in [0.25, 0.3) is 0 Å². The Morgan fingerprint density at radius 1 is 1.04 bits per heavy atom. The Bertz CT molecular complexity index is 525. The molecule has 4 nitrogen and oxygen atoms in total. The SMILES string of the molecule is Cl.Cl.Clc1ccc([C@H]2CN3C[C@@H](NC4CCNCC4)C[C@H]3CO2)cc1. The minimum absolute atomic E-state index is 0. The third-order valence-electron chi connectivity index (χ3n) is 5.47. The summed E-state index contributed by atoms with van der Waals surface area (Å²) in [4.78, 5) is 2.61. The zero-order chi connectivity index (χ0) is 15.6. The topological polar surface area (TPSA) is 36.5 Å². The smallest absolute Gasteiger partial charge is 0.0952 e. The van der Waals surface area contributed by atoms with E-state index in [0.29, 0.717) is 18.1 Å². The summed E-state index contributed by atoms with van der Waals surface area (Å²) in [6, 6.07) is 9.99. The van der Waals surface area contributed by atoms with Crippen LogP contribution in [0.15, 0.2) is 24.3 Å². The third kappa shape index (κ3) is 5.23. The zero-order valence-electron chi connectivity index (χ0n) is 14.3. The van der Waals surface area contributed by atoms with Gasteiger partial charge in [0, 0.05) is 36.2 Å². The maximum atomic E-state index is 6.13. The largest absolute Gasteiger partial charge is 0.371 e. The van der Waals surface area contributed by atoms with E-state index in [1.165, 1.54) is 24.8 Å². The average molecular weight is 409 g/mol. The molecule has 4 rings (SSSR count). The number of rotatable bonds is 3. The van der Waals surface area contributed by atoms with Crippen LogP contribution < -0.4 is 10.6 Å². The van der Waals surface area contributed by atoms with E-state index in [-0.39, 0.29) is 30.9 Å². The van der Waals surface area contributed by atoms with Crippen LogP contribution in [0.2, 0.25) is 5.02 Å². The molecule has 142 valence electrons. The van der Waals surface area contributed by atoms with E-state index in [1.807, 2.05) is 12.1 Å². The zero-order valence-corrected chi connectivity index (χ0v) is 16.7. The number of ether oxygens (including phenoxy) is 1. The summed E-state index contributed by atoms with van der Waals surface area (Å²) >= 11 is 5.99. The molecule has 0 bridgehead atoms. The highest BCUT2D eigenvalue weighted by Gasteiger charge is 2.38. The van der Waals surface area contributed by atoms with Crippen LogP contribution in [-0.2, 0) is 4.74 Å². The van der Waals surface area contributed by atoms with E-state index in [2.05, 4.69) is 27.7 Å². The first-order valence-corrected chi connectivity index (χ1v) is 9.23. The van der Waals surface area contributed by atoms with Crippen molar-refractivity contribution in [2.75, 3.05) is 32.8 Å². The molecule has 0 amide bonds. The van der Waals surface area contributed by atoms with Gasteiger partial charge in [-0.15, -0.1) is 24.8 Å². The minimum atomic E-state index is 0. The van der Waals surface area contributed by atoms with E-state index in [9.17, 15) is 0 Å². The first-order valence-electron chi connectivity index (χ1n) is 8.86. The number of benzene rings is 1. The lowest BCUT2D eigenvalue weighted by Crippen LogP contribution is -2.46. The number of piperidine rings is 1. The van der Waals surface area contributed by atoms with Crippen LogP contribution in [-0.4, -0.2) is 55.8 Å². The van der Waals surface area contributed by atoms with E-state index in [0.717, 1.165) is 37.8 Å². The van der Waals surface area contributed by atoms with Gasteiger partial charge in [-0.3, -0.25) is 4.90 Å². The highest BCUT2D eigenvalue weighted by atomic mass is 35.5. The fraction of sp³-hybridized carbons (Fsp3) is 0.667. The fourth-order valence-corrected chi connectivity index (χ4v) is 4.32. The van der Waals surface area contributed by atoms with Crippen molar-refractivity contribution in [2.45, 2.75) is 43.5 Å². The molecule has 7 heteroatoms. The van der Waals surface area contributed by atoms with Gasteiger partial charge in [-0.2, -0.15) is 0 Å². The number of hydrogen-bond acceptors (Lipinski definition) is 4. The maximum absolute atomic E-state index is 6.13. The van der Waals surface area contributed by atoms with E-state index in [1.54, 1.807) is 0 Å². The quantitative estimate of drug-likeness (QED) is 0.806. The van der Waals surface area contributed by atoms with Crippen molar-refractivity contribution in [2.24, 2.45) is 0 Å². The van der Waals surface area contributed by atoms with E-state index >= 15 is 0 Å². The van der Waals surface area contributed by atoms with Gasteiger partial charge in [-0.1, -0.05) is 23.7 Å². The molecule has 3 heterocycles. The normalized spacial score (nSPS) is 30.2.